The number of amides is 1. The molecule has 0 radical (unpaired) electrons. The highest BCUT2D eigenvalue weighted by Crippen LogP contribution is 2.29. The van der Waals surface area contributed by atoms with Gasteiger partial charge in [-0.1, -0.05) is 17.8 Å². The molecule has 7 nitrogen and oxygen atoms in total. The number of rotatable bonds is 8. The number of aromatic nitrogens is 2. The first kappa shape index (κ1) is 20.7. The highest BCUT2D eigenvalue weighted by atomic mass is 32.2. The van der Waals surface area contributed by atoms with Crippen LogP contribution in [0.4, 0.5) is 5.69 Å². The van der Waals surface area contributed by atoms with E-state index in [-0.39, 0.29) is 5.91 Å². The van der Waals surface area contributed by atoms with Crippen LogP contribution in [0.15, 0.2) is 52.1 Å². The Balaban J connectivity index is 1.64. The lowest BCUT2D eigenvalue weighted by Gasteiger charge is -2.13. The van der Waals surface area contributed by atoms with E-state index in [0.29, 0.717) is 29.2 Å². The summed E-state index contributed by atoms with van der Waals surface area (Å²) in [7, 11) is 1.57. The minimum Gasteiger partial charge on any atom is -0.495 e. The molecule has 2 aromatic carbocycles. The van der Waals surface area contributed by atoms with Crippen LogP contribution in [0.3, 0.4) is 0 Å². The van der Waals surface area contributed by atoms with Gasteiger partial charge in [-0.25, -0.2) is 0 Å². The van der Waals surface area contributed by atoms with Crippen molar-refractivity contribution < 1.29 is 18.7 Å². The summed E-state index contributed by atoms with van der Waals surface area (Å²) in [6, 6.07) is 13.0. The third-order valence-electron chi connectivity index (χ3n) is 4.08. The number of nitrogens with one attached hydrogen (secondary N) is 1. The maximum Gasteiger partial charge on any atom is 0.277 e. The normalized spacial score (nSPS) is 11.7. The highest BCUT2D eigenvalue weighted by Gasteiger charge is 2.20. The molecule has 0 fully saturated rings. The molecule has 3 rings (SSSR count). The lowest BCUT2D eigenvalue weighted by Crippen LogP contribution is -2.22. The van der Waals surface area contributed by atoms with E-state index in [9.17, 15) is 4.79 Å². The molecule has 29 heavy (non-hydrogen) atoms. The fourth-order valence-electron chi connectivity index (χ4n) is 2.59. The number of carbonyl (C=O) groups is 1. The fourth-order valence-corrected chi connectivity index (χ4v) is 3.28. The van der Waals surface area contributed by atoms with Crippen molar-refractivity contribution in [1.82, 2.24) is 10.2 Å². The molecule has 0 unspecified atom stereocenters. The predicted molar refractivity (Wildman–Crippen MR) is 113 cm³/mol. The Kier molecular flexibility index (Phi) is 6.77. The summed E-state index contributed by atoms with van der Waals surface area (Å²) in [5.74, 6) is 1.60. The van der Waals surface area contributed by atoms with Crippen molar-refractivity contribution >= 4 is 23.4 Å². The van der Waals surface area contributed by atoms with Crippen molar-refractivity contribution in [2.45, 2.75) is 31.2 Å². The summed E-state index contributed by atoms with van der Waals surface area (Å²) in [5, 5.41) is 10.9. The summed E-state index contributed by atoms with van der Waals surface area (Å²) < 4.78 is 16.4. The summed E-state index contributed by atoms with van der Waals surface area (Å²) in [6.07, 6.45) is 0. The monoisotopic (exact) mass is 413 g/mol. The van der Waals surface area contributed by atoms with Crippen LogP contribution in [0.1, 0.15) is 19.4 Å². The number of carbonyl (C=O) groups excluding carboxylic acids is 1. The second-order valence-corrected chi connectivity index (χ2v) is 7.58. The van der Waals surface area contributed by atoms with E-state index >= 15 is 0 Å². The number of ether oxygens (including phenoxy) is 2. The van der Waals surface area contributed by atoms with E-state index in [1.165, 1.54) is 11.8 Å². The van der Waals surface area contributed by atoms with Crippen molar-refractivity contribution in [3.05, 3.63) is 48.0 Å². The maximum atomic E-state index is 12.6. The van der Waals surface area contributed by atoms with Crippen molar-refractivity contribution in [2.75, 3.05) is 19.0 Å². The molecule has 1 atom stereocenters. The molecule has 0 aliphatic carbocycles. The summed E-state index contributed by atoms with van der Waals surface area (Å²) in [4.78, 5) is 12.6. The zero-order valence-electron chi connectivity index (χ0n) is 16.8. The van der Waals surface area contributed by atoms with Crippen LogP contribution in [-0.4, -0.2) is 35.1 Å². The Morgan fingerprint density at radius 2 is 1.97 bits per heavy atom. The van der Waals surface area contributed by atoms with Gasteiger partial charge in [0.2, 0.25) is 11.8 Å². The van der Waals surface area contributed by atoms with Crippen LogP contribution in [0.2, 0.25) is 0 Å². The van der Waals surface area contributed by atoms with E-state index in [2.05, 4.69) is 15.5 Å². The fraction of sp³-hybridized carbons (Fsp3) is 0.286. The molecule has 8 heteroatoms. The Hall–Kier alpha value is -3.00. The largest absolute Gasteiger partial charge is 0.495 e. The molecule has 0 saturated carbocycles. The number of hydrogen-bond acceptors (Lipinski definition) is 7. The van der Waals surface area contributed by atoms with Gasteiger partial charge in [0.05, 0.1) is 24.7 Å². The van der Waals surface area contributed by atoms with Gasteiger partial charge in [-0.15, -0.1) is 10.2 Å². The number of benzene rings is 2. The van der Waals surface area contributed by atoms with Gasteiger partial charge in [-0.05, 0) is 62.7 Å². The average Bonchev–Trinajstić information content (AvgIpc) is 3.17. The predicted octanol–water partition coefficient (Wildman–Crippen LogP) is 4.57. The molecule has 0 aliphatic rings. The third-order valence-corrected chi connectivity index (χ3v) is 5.01. The third kappa shape index (κ3) is 5.29. The minimum atomic E-state index is -0.436. The first-order valence-electron chi connectivity index (χ1n) is 9.19. The molecule has 0 spiro atoms. The quantitative estimate of drug-likeness (QED) is 0.541. The van der Waals surface area contributed by atoms with E-state index in [1.54, 1.807) is 14.0 Å². The number of hydrogen-bond donors (Lipinski definition) is 1. The highest BCUT2D eigenvalue weighted by molar-refractivity contribution is 8.00. The molecular formula is C21H23N3O4S. The second-order valence-electron chi connectivity index (χ2n) is 6.28. The summed E-state index contributed by atoms with van der Waals surface area (Å²) >= 11 is 1.20. The van der Waals surface area contributed by atoms with Crippen molar-refractivity contribution in [3.8, 4) is 23.0 Å². The standard InChI is InChI=1S/C21H23N3O4S/c1-5-27-16-9-7-15(8-10-16)20-23-24-21(28-20)29-14(3)19(25)22-17-12-13(2)6-11-18(17)26-4/h6-12,14H,5H2,1-4H3,(H,22,25)/t14-/m0/s1. The molecule has 1 amide bonds. The number of anilines is 1. The van der Waals surface area contributed by atoms with E-state index < -0.39 is 5.25 Å². The van der Waals surface area contributed by atoms with Crippen LogP contribution in [0.25, 0.3) is 11.5 Å². The molecule has 1 N–H and O–H groups in total. The Labute approximate surface area is 173 Å². The van der Waals surface area contributed by atoms with Gasteiger partial charge < -0.3 is 19.2 Å². The lowest BCUT2D eigenvalue weighted by atomic mass is 10.2. The number of nitrogens with zero attached hydrogens (tertiary/aromatic N) is 2. The van der Waals surface area contributed by atoms with Crippen LogP contribution >= 0.6 is 11.8 Å². The van der Waals surface area contributed by atoms with E-state index in [4.69, 9.17) is 13.9 Å². The number of methoxy groups -OCH3 is 1. The van der Waals surface area contributed by atoms with Gasteiger partial charge in [0.1, 0.15) is 11.5 Å². The van der Waals surface area contributed by atoms with Gasteiger partial charge in [0.25, 0.3) is 5.22 Å². The van der Waals surface area contributed by atoms with E-state index in [0.717, 1.165) is 16.9 Å². The summed E-state index contributed by atoms with van der Waals surface area (Å²) in [6.45, 7) is 6.27. The van der Waals surface area contributed by atoms with Gasteiger partial charge in [0, 0.05) is 5.56 Å². The van der Waals surface area contributed by atoms with Gasteiger partial charge in [-0.3, -0.25) is 4.79 Å². The molecule has 0 bridgehead atoms. The zero-order valence-corrected chi connectivity index (χ0v) is 17.6. The van der Waals surface area contributed by atoms with Gasteiger partial charge in [0.15, 0.2) is 0 Å². The Morgan fingerprint density at radius 3 is 2.66 bits per heavy atom. The van der Waals surface area contributed by atoms with Crippen molar-refractivity contribution in [1.29, 1.82) is 0 Å². The van der Waals surface area contributed by atoms with Crippen LogP contribution in [-0.2, 0) is 4.79 Å². The van der Waals surface area contributed by atoms with E-state index in [1.807, 2.05) is 56.3 Å². The summed E-state index contributed by atoms with van der Waals surface area (Å²) in [5.41, 5.74) is 2.44. The van der Waals surface area contributed by atoms with Crippen molar-refractivity contribution in [3.63, 3.8) is 0 Å². The first-order chi connectivity index (χ1) is 14.0. The first-order valence-corrected chi connectivity index (χ1v) is 10.1. The number of aryl methyl sites for hydroxylation is 1. The molecule has 1 aromatic heterocycles. The Bertz CT molecular complexity index is 972. The number of thioether (sulfide) groups is 1. The molecular weight excluding hydrogens is 390 g/mol. The Morgan fingerprint density at radius 1 is 1.21 bits per heavy atom. The minimum absolute atomic E-state index is 0.181. The average molecular weight is 413 g/mol. The second kappa shape index (κ2) is 9.47. The van der Waals surface area contributed by atoms with Crippen LogP contribution in [0.5, 0.6) is 11.5 Å². The lowest BCUT2D eigenvalue weighted by molar-refractivity contribution is -0.115. The molecule has 152 valence electrons. The molecule has 0 aliphatic heterocycles. The molecule has 1 heterocycles. The SMILES string of the molecule is CCOc1ccc(-c2nnc(S[C@@H](C)C(=O)Nc3cc(C)ccc3OC)o2)cc1. The van der Waals surface area contributed by atoms with Crippen LogP contribution in [0, 0.1) is 6.92 Å². The van der Waals surface area contributed by atoms with Crippen LogP contribution < -0.4 is 14.8 Å². The molecule has 3 aromatic rings. The zero-order chi connectivity index (χ0) is 20.8. The molecule has 0 saturated heterocycles. The van der Waals surface area contributed by atoms with Gasteiger partial charge >= 0.3 is 0 Å². The topological polar surface area (TPSA) is 86.5 Å². The van der Waals surface area contributed by atoms with Gasteiger partial charge in [-0.2, -0.15) is 0 Å². The maximum absolute atomic E-state index is 12.6. The smallest absolute Gasteiger partial charge is 0.277 e. The van der Waals surface area contributed by atoms with Crippen molar-refractivity contribution in [2.24, 2.45) is 0 Å².